The summed E-state index contributed by atoms with van der Waals surface area (Å²) in [5.74, 6) is 0. The second-order valence-electron chi connectivity index (χ2n) is 3.70. The van der Waals surface area contributed by atoms with E-state index in [1.54, 1.807) is 11.8 Å². The van der Waals surface area contributed by atoms with E-state index in [9.17, 15) is 5.11 Å². The van der Waals surface area contributed by atoms with E-state index in [0.717, 1.165) is 15.6 Å². The maximum absolute atomic E-state index is 10.3. The summed E-state index contributed by atoms with van der Waals surface area (Å²) in [6.45, 7) is 0. The third kappa shape index (κ3) is 2.92. The van der Waals surface area contributed by atoms with Gasteiger partial charge in [-0.2, -0.15) is 0 Å². The van der Waals surface area contributed by atoms with Crippen molar-refractivity contribution in [1.82, 2.24) is 0 Å². The molecule has 0 radical (unpaired) electrons. The van der Waals surface area contributed by atoms with Gasteiger partial charge in [-0.05, 0) is 35.6 Å². The average molecular weight is 309 g/mol. The number of hydrogen-bond acceptors (Lipinski definition) is 2. The normalized spacial score (nSPS) is 12.4. The van der Waals surface area contributed by atoms with Crippen LogP contribution in [0.3, 0.4) is 0 Å². The molecule has 0 unspecified atom stereocenters. The minimum Gasteiger partial charge on any atom is -0.384 e. The van der Waals surface area contributed by atoms with E-state index in [4.69, 9.17) is 0 Å². The lowest BCUT2D eigenvalue weighted by atomic mass is 10.0. The third-order valence-corrected chi connectivity index (χ3v) is 4.10. The zero-order valence-electron chi connectivity index (χ0n) is 9.43. The zero-order valence-corrected chi connectivity index (χ0v) is 11.8. The summed E-state index contributed by atoms with van der Waals surface area (Å²) in [6.07, 6.45) is 1.46. The smallest absolute Gasteiger partial charge is 0.105 e. The van der Waals surface area contributed by atoms with Crippen LogP contribution in [0.25, 0.3) is 0 Å². The van der Waals surface area contributed by atoms with Crippen molar-refractivity contribution in [3.63, 3.8) is 0 Å². The quantitative estimate of drug-likeness (QED) is 0.855. The molecule has 0 amide bonds. The van der Waals surface area contributed by atoms with Gasteiger partial charge in [-0.15, -0.1) is 11.8 Å². The van der Waals surface area contributed by atoms with E-state index in [1.807, 2.05) is 54.8 Å². The molecule has 88 valence electrons. The Hall–Kier alpha value is -0.770. The van der Waals surface area contributed by atoms with E-state index in [1.165, 1.54) is 4.90 Å². The Morgan fingerprint density at radius 2 is 1.71 bits per heavy atom. The monoisotopic (exact) mass is 308 g/mol. The van der Waals surface area contributed by atoms with Crippen LogP contribution in [0.4, 0.5) is 0 Å². The molecule has 1 atom stereocenters. The molecule has 0 saturated carbocycles. The SMILES string of the molecule is CSc1ccc([C@@H](O)c2ccccc2Br)cc1. The molecule has 0 aliphatic carbocycles. The summed E-state index contributed by atoms with van der Waals surface area (Å²) in [7, 11) is 0. The van der Waals surface area contributed by atoms with E-state index >= 15 is 0 Å². The van der Waals surface area contributed by atoms with Crippen LogP contribution in [0.15, 0.2) is 57.9 Å². The molecule has 1 nitrogen and oxygen atoms in total. The van der Waals surface area contributed by atoms with Crippen LogP contribution in [0.5, 0.6) is 0 Å². The van der Waals surface area contributed by atoms with Gasteiger partial charge in [-0.1, -0.05) is 46.3 Å². The van der Waals surface area contributed by atoms with E-state index in [0.29, 0.717) is 0 Å². The van der Waals surface area contributed by atoms with Gasteiger partial charge in [0.15, 0.2) is 0 Å². The van der Waals surface area contributed by atoms with Crippen LogP contribution in [0.2, 0.25) is 0 Å². The van der Waals surface area contributed by atoms with Gasteiger partial charge < -0.3 is 5.11 Å². The Labute approximate surface area is 114 Å². The first-order valence-corrected chi connectivity index (χ1v) is 7.30. The van der Waals surface area contributed by atoms with Crippen molar-refractivity contribution in [2.24, 2.45) is 0 Å². The maximum Gasteiger partial charge on any atom is 0.105 e. The van der Waals surface area contributed by atoms with Gasteiger partial charge in [0.1, 0.15) is 6.10 Å². The topological polar surface area (TPSA) is 20.2 Å². The molecule has 2 aromatic carbocycles. The zero-order chi connectivity index (χ0) is 12.3. The summed E-state index contributed by atoms with van der Waals surface area (Å²) in [5, 5.41) is 10.3. The summed E-state index contributed by atoms with van der Waals surface area (Å²) in [5.41, 5.74) is 1.80. The van der Waals surface area contributed by atoms with Gasteiger partial charge in [0.25, 0.3) is 0 Å². The fourth-order valence-corrected chi connectivity index (χ4v) is 2.57. The van der Waals surface area contributed by atoms with Crippen molar-refractivity contribution < 1.29 is 5.11 Å². The summed E-state index contributed by atoms with van der Waals surface area (Å²) in [6, 6.07) is 15.7. The number of aliphatic hydroxyl groups is 1. The first-order chi connectivity index (χ1) is 8.22. The average Bonchev–Trinajstić information content (AvgIpc) is 2.39. The van der Waals surface area contributed by atoms with Crippen LogP contribution in [0.1, 0.15) is 17.2 Å². The van der Waals surface area contributed by atoms with Crippen molar-refractivity contribution in [3.05, 3.63) is 64.1 Å². The van der Waals surface area contributed by atoms with Crippen molar-refractivity contribution in [3.8, 4) is 0 Å². The van der Waals surface area contributed by atoms with Crippen molar-refractivity contribution in [2.75, 3.05) is 6.26 Å². The lowest BCUT2D eigenvalue weighted by Crippen LogP contribution is -2.00. The molecular formula is C14H13BrOS. The molecule has 0 bridgehead atoms. The third-order valence-electron chi connectivity index (χ3n) is 2.63. The number of thioether (sulfide) groups is 1. The minimum atomic E-state index is -0.582. The number of rotatable bonds is 3. The largest absolute Gasteiger partial charge is 0.384 e. The Kier molecular flexibility index (Phi) is 4.26. The van der Waals surface area contributed by atoms with Crippen molar-refractivity contribution in [2.45, 2.75) is 11.0 Å². The van der Waals surface area contributed by atoms with Crippen LogP contribution >= 0.6 is 27.7 Å². The summed E-state index contributed by atoms with van der Waals surface area (Å²) < 4.78 is 0.932. The first kappa shape index (κ1) is 12.7. The number of aliphatic hydroxyl groups excluding tert-OH is 1. The number of hydrogen-bond donors (Lipinski definition) is 1. The van der Waals surface area contributed by atoms with Gasteiger partial charge >= 0.3 is 0 Å². The Balaban J connectivity index is 2.30. The molecule has 3 heteroatoms. The predicted octanol–water partition coefficient (Wildman–Crippen LogP) is 4.25. The highest BCUT2D eigenvalue weighted by atomic mass is 79.9. The van der Waals surface area contributed by atoms with Gasteiger partial charge in [-0.3, -0.25) is 0 Å². The number of halogens is 1. The molecule has 0 aliphatic rings. The molecule has 0 saturated heterocycles. The summed E-state index contributed by atoms with van der Waals surface area (Å²) >= 11 is 5.16. The van der Waals surface area contributed by atoms with Crippen LogP contribution < -0.4 is 0 Å². The van der Waals surface area contributed by atoms with Crippen LogP contribution in [0, 0.1) is 0 Å². The molecule has 0 fully saturated rings. The van der Waals surface area contributed by atoms with Gasteiger partial charge in [0.05, 0.1) is 0 Å². The van der Waals surface area contributed by atoms with Gasteiger partial charge in [0, 0.05) is 9.37 Å². The summed E-state index contributed by atoms with van der Waals surface area (Å²) in [4.78, 5) is 1.20. The first-order valence-electron chi connectivity index (χ1n) is 5.29. The Morgan fingerprint density at radius 1 is 1.06 bits per heavy atom. The van der Waals surface area contributed by atoms with Crippen LogP contribution in [-0.4, -0.2) is 11.4 Å². The second kappa shape index (κ2) is 5.71. The molecule has 0 heterocycles. The fourth-order valence-electron chi connectivity index (χ4n) is 1.66. The van der Waals surface area contributed by atoms with Crippen molar-refractivity contribution in [1.29, 1.82) is 0 Å². The fraction of sp³-hybridized carbons (Fsp3) is 0.143. The molecule has 0 spiro atoms. The highest BCUT2D eigenvalue weighted by molar-refractivity contribution is 9.10. The van der Waals surface area contributed by atoms with Gasteiger partial charge in [0.2, 0.25) is 0 Å². The molecule has 2 rings (SSSR count). The highest BCUT2D eigenvalue weighted by Gasteiger charge is 2.12. The lowest BCUT2D eigenvalue weighted by Gasteiger charge is -2.13. The molecular weight excluding hydrogens is 296 g/mol. The van der Waals surface area contributed by atoms with E-state index in [-0.39, 0.29) is 0 Å². The van der Waals surface area contributed by atoms with E-state index in [2.05, 4.69) is 15.9 Å². The van der Waals surface area contributed by atoms with Crippen molar-refractivity contribution >= 4 is 27.7 Å². The molecule has 2 aromatic rings. The van der Waals surface area contributed by atoms with Crippen LogP contribution in [-0.2, 0) is 0 Å². The Bertz CT molecular complexity index is 496. The predicted molar refractivity (Wildman–Crippen MR) is 76.4 cm³/mol. The highest BCUT2D eigenvalue weighted by Crippen LogP contribution is 2.29. The molecule has 1 N–H and O–H groups in total. The molecule has 0 aliphatic heterocycles. The lowest BCUT2D eigenvalue weighted by molar-refractivity contribution is 0.219. The second-order valence-corrected chi connectivity index (χ2v) is 5.43. The number of benzene rings is 2. The Morgan fingerprint density at radius 3 is 2.29 bits per heavy atom. The molecule has 17 heavy (non-hydrogen) atoms. The standard InChI is InChI=1S/C14H13BrOS/c1-17-11-8-6-10(7-9-11)14(16)12-4-2-3-5-13(12)15/h2-9,14,16H,1H3/t14-/m1/s1. The minimum absolute atomic E-state index is 0.582. The molecule has 0 aromatic heterocycles. The van der Waals surface area contributed by atoms with Gasteiger partial charge in [-0.25, -0.2) is 0 Å². The maximum atomic E-state index is 10.3. The van der Waals surface area contributed by atoms with E-state index < -0.39 is 6.10 Å².